The third-order valence-corrected chi connectivity index (χ3v) is 11.4. The number of aliphatic hydroxyl groups excluding tert-OH is 3. The van der Waals surface area contributed by atoms with Gasteiger partial charge in [0.25, 0.3) is 0 Å². The van der Waals surface area contributed by atoms with Gasteiger partial charge in [-0.05, 0) is 74.9 Å². The number of ether oxygens (including phenoxy) is 6. The van der Waals surface area contributed by atoms with E-state index in [0.29, 0.717) is 6.42 Å². The van der Waals surface area contributed by atoms with Gasteiger partial charge >= 0.3 is 5.97 Å². The number of aliphatic hydroxyl groups is 5. The fourth-order valence-corrected chi connectivity index (χ4v) is 7.94. The van der Waals surface area contributed by atoms with E-state index in [1.165, 1.54) is 21.0 Å². The number of ketones is 1. The van der Waals surface area contributed by atoms with E-state index in [1.54, 1.807) is 41.5 Å². The van der Waals surface area contributed by atoms with Crippen molar-refractivity contribution in [3.8, 4) is 0 Å². The number of hydrogen-bond donors (Lipinski definition) is 5. The molecule has 0 bridgehead atoms. The molecule has 3 saturated heterocycles. The summed E-state index contributed by atoms with van der Waals surface area (Å²) in [4.78, 5) is 29.3. The number of hydrogen-bond acceptors (Lipinski definition) is 14. The number of carbonyl (C=O) groups excluding carboxylic acids is 2. The third kappa shape index (κ3) is 9.43. The molecule has 3 aliphatic rings. The maximum absolute atomic E-state index is 14.0. The number of esters is 1. The van der Waals surface area contributed by atoms with E-state index in [0.717, 1.165) is 0 Å². The molecular weight excluding hydrogens is 654 g/mol. The van der Waals surface area contributed by atoms with Gasteiger partial charge in [-0.2, -0.15) is 0 Å². The van der Waals surface area contributed by atoms with Crippen molar-refractivity contribution < 1.29 is 63.5 Å². The lowest BCUT2D eigenvalue weighted by atomic mass is 9.76. The summed E-state index contributed by atoms with van der Waals surface area (Å²) in [6.07, 6.45) is -10.0. The van der Waals surface area contributed by atoms with Crippen LogP contribution in [0.4, 0.5) is 0 Å². The highest BCUT2D eigenvalue weighted by molar-refractivity contribution is 5.81. The Labute approximate surface area is 297 Å². The van der Waals surface area contributed by atoms with Crippen molar-refractivity contribution in [1.82, 2.24) is 4.90 Å². The van der Waals surface area contributed by atoms with Gasteiger partial charge in [0.1, 0.15) is 29.7 Å². The van der Waals surface area contributed by atoms with E-state index < -0.39 is 108 Å². The van der Waals surface area contributed by atoms with Crippen LogP contribution in [0.3, 0.4) is 0 Å². The molecule has 3 heterocycles. The van der Waals surface area contributed by atoms with Crippen LogP contribution in [0, 0.1) is 17.8 Å². The van der Waals surface area contributed by atoms with E-state index in [-0.39, 0.29) is 31.4 Å². The summed E-state index contributed by atoms with van der Waals surface area (Å²) in [7, 11) is 5.17. The number of nitrogens with zero attached hydrogens (tertiary/aromatic N) is 1. The van der Waals surface area contributed by atoms with Gasteiger partial charge < -0.3 is 58.9 Å². The lowest BCUT2D eigenvalue weighted by Crippen LogP contribution is -2.61. The van der Waals surface area contributed by atoms with Gasteiger partial charge in [0.15, 0.2) is 12.6 Å². The van der Waals surface area contributed by atoms with E-state index in [2.05, 4.69) is 0 Å². The van der Waals surface area contributed by atoms with Gasteiger partial charge in [0.05, 0.1) is 47.6 Å². The quantitative estimate of drug-likeness (QED) is 0.238. The number of rotatable bonds is 7. The van der Waals surface area contributed by atoms with Gasteiger partial charge in [-0.1, -0.05) is 20.8 Å². The van der Waals surface area contributed by atoms with Crippen LogP contribution in [0.2, 0.25) is 0 Å². The Morgan fingerprint density at radius 3 is 2.12 bits per heavy atom. The first kappa shape index (κ1) is 43.1. The highest BCUT2D eigenvalue weighted by atomic mass is 16.7. The molecule has 14 heteroatoms. The standard InChI is InChI=1S/C36H65NO13/c1-13-26-36(9,44)25(39)15-24(38)18(2)16-34(7,43)31(50-33-28(40)23(37(10)11)14-19(3)46-33)20(4)29(21(5)32(42)48-26)49-27-17-35(8,45-12)30(41)22(6)47-27/h18-23,25-31,33,39-41,43-44H,13-17H2,1-12H3. The lowest BCUT2D eigenvalue weighted by molar-refractivity contribution is -0.318. The molecule has 0 aromatic heterocycles. The molecule has 292 valence electrons. The molecule has 0 amide bonds. The van der Waals surface area contributed by atoms with Gasteiger partial charge in [-0.25, -0.2) is 0 Å². The average Bonchev–Trinajstić information content (AvgIpc) is 3.03. The molecule has 14 nitrogen and oxygen atoms in total. The lowest BCUT2D eigenvalue weighted by Gasteiger charge is -2.49. The van der Waals surface area contributed by atoms with E-state index in [4.69, 9.17) is 28.4 Å². The van der Waals surface area contributed by atoms with Gasteiger partial charge in [0.2, 0.25) is 0 Å². The third-order valence-electron chi connectivity index (χ3n) is 11.4. The highest BCUT2D eigenvalue weighted by Crippen LogP contribution is 2.40. The van der Waals surface area contributed by atoms with Crippen molar-refractivity contribution in [3.05, 3.63) is 0 Å². The minimum absolute atomic E-state index is 0.0956. The fraction of sp³-hybridized carbons (Fsp3) is 0.944. The van der Waals surface area contributed by atoms with Crippen molar-refractivity contribution >= 4 is 11.8 Å². The van der Waals surface area contributed by atoms with Crippen molar-refractivity contribution in [2.75, 3.05) is 21.2 Å². The van der Waals surface area contributed by atoms with Gasteiger partial charge in [-0.3, -0.25) is 9.59 Å². The predicted octanol–water partition coefficient (Wildman–Crippen LogP) is 1.54. The smallest absolute Gasteiger partial charge is 0.311 e. The fourth-order valence-electron chi connectivity index (χ4n) is 7.94. The monoisotopic (exact) mass is 719 g/mol. The predicted molar refractivity (Wildman–Crippen MR) is 182 cm³/mol. The second-order valence-corrected chi connectivity index (χ2v) is 16.0. The first-order chi connectivity index (χ1) is 23.0. The Morgan fingerprint density at radius 1 is 0.940 bits per heavy atom. The minimum atomic E-state index is -1.97. The SMILES string of the molecule is CCC1OC(=O)C(C)C(OC2CC(C)(OC)C(O)C(C)O2)C(C)C(OC2OC(C)CC(N(C)C)C2O)C(C)(O)CC(C)C(=O)CC(O)C1(C)O. The first-order valence-corrected chi connectivity index (χ1v) is 18.1. The molecule has 3 rings (SSSR count). The summed E-state index contributed by atoms with van der Waals surface area (Å²) < 4.78 is 36.9. The number of methoxy groups -OCH3 is 1. The van der Waals surface area contributed by atoms with Crippen molar-refractivity contribution in [2.45, 2.75) is 179 Å². The molecular formula is C36H65NO13. The maximum Gasteiger partial charge on any atom is 0.311 e. The van der Waals surface area contributed by atoms with Crippen LogP contribution in [0.1, 0.15) is 94.4 Å². The summed E-state index contributed by atoms with van der Waals surface area (Å²) in [5.41, 5.74) is -4.79. The summed E-state index contributed by atoms with van der Waals surface area (Å²) in [5.74, 6) is -3.87. The highest BCUT2D eigenvalue weighted by Gasteiger charge is 2.52. The zero-order valence-corrected chi connectivity index (χ0v) is 32.1. The van der Waals surface area contributed by atoms with Crippen molar-refractivity contribution in [2.24, 2.45) is 17.8 Å². The summed E-state index contributed by atoms with van der Waals surface area (Å²) in [5, 5.41) is 57.0. The average molecular weight is 720 g/mol. The Balaban J connectivity index is 2.16. The van der Waals surface area contributed by atoms with Crippen LogP contribution in [0.25, 0.3) is 0 Å². The van der Waals surface area contributed by atoms with Crippen LogP contribution in [0.5, 0.6) is 0 Å². The van der Waals surface area contributed by atoms with Crippen LogP contribution < -0.4 is 0 Å². The number of carbonyl (C=O) groups is 2. The molecule has 0 radical (unpaired) electrons. The van der Waals surface area contributed by atoms with E-state index >= 15 is 0 Å². The second-order valence-electron chi connectivity index (χ2n) is 16.0. The zero-order chi connectivity index (χ0) is 38.1. The minimum Gasteiger partial charge on any atom is -0.459 e. The normalized spacial score (nSPS) is 49.0. The second kappa shape index (κ2) is 16.8. The molecule has 0 spiro atoms. The van der Waals surface area contributed by atoms with E-state index in [9.17, 15) is 35.1 Å². The molecule has 0 aliphatic carbocycles. The molecule has 0 aromatic rings. The number of Topliss-reactive ketones (excluding diaryl/α,β-unsaturated/α-hetero) is 1. The molecule has 17 unspecified atom stereocenters. The largest absolute Gasteiger partial charge is 0.459 e. The van der Waals surface area contributed by atoms with Crippen LogP contribution in [-0.4, -0.2) is 148 Å². The molecule has 0 saturated carbocycles. The molecule has 5 N–H and O–H groups in total. The number of likely N-dealkylation sites (N-methyl/N-ethyl adjacent to an activating group) is 1. The van der Waals surface area contributed by atoms with Crippen LogP contribution in [0.15, 0.2) is 0 Å². The van der Waals surface area contributed by atoms with Crippen molar-refractivity contribution in [1.29, 1.82) is 0 Å². The first-order valence-electron chi connectivity index (χ1n) is 18.1. The molecule has 3 aliphatic heterocycles. The maximum atomic E-state index is 14.0. The number of cyclic esters (lactones) is 1. The summed E-state index contributed by atoms with van der Waals surface area (Å²) in [6.45, 7) is 14.8. The van der Waals surface area contributed by atoms with Gasteiger partial charge in [-0.15, -0.1) is 0 Å². The topological polar surface area (TPSA) is 194 Å². The molecule has 50 heavy (non-hydrogen) atoms. The molecule has 3 fully saturated rings. The molecule has 0 aromatic carbocycles. The molecule has 17 atom stereocenters. The van der Waals surface area contributed by atoms with Crippen LogP contribution >= 0.6 is 0 Å². The Morgan fingerprint density at radius 2 is 1.56 bits per heavy atom. The van der Waals surface area contributed by atoms with Crippen LogP contribution in [-0.2, 0) is 38.0 Å². The van der Waals surface area contributed by atoms with Gasteiger partial charge in [0, 0.05) is 37.8 Å². The Kier molecular flexibility index (Phi) is 14.5. The summed E-state index contributed by atoms with van der Waals surface area (Å²) in [6, 6.07) is -0.320. The Bertz CT molecular complexity index is 1140. The van der Waals surface area contributed by atoms with Crippen molar-refractivity contribution in [3.63, 3.8) is 0 Å². The summed E-state index contributed by atoms with van der Waals surface area (Å²) >= 11 is 0. The Hall–Kier alpha value is -1.30. The van der Waals surface area contributed by atoms with E-state index in [1.807, 2.05) is 25.9 Å². The zero-order valence-electron chi connectivity index (χ0n) is 32.1.